The summed E-state index contributed by atoms with van der Waals surface area (Å²) in [6.07, 6.45) is -0.565. The Balaban J connectivity index is 1.71. The summed E-state index contributed by atoms with van der Waals surface area (Å²) in [6.45, 7) is 1.74. The first-order valence-corrected chi connectivity index (χ1v) is 6.65. The molecular weight excluding hydrogens is 282 g/mol. The molecule has 6 heteroatoms. The van der Waals surface area contributed by atoms with Crippen LogP contribution in [0.4, 0.5) is 10.5 Å². The number of aryl methyl sites for hydroxylation is 1. The summed E-state index contributed by atoms with van der Waals surface area (Å²) in [4.78, 5) is 16.0. The van der Waals surface area contributed by atoms with Crippen LogP contribution in [0.25, 0.3) is 11.5 Å². The van der Waals surface area contributed by atoms with Gasteiger partial charge in [0.2, 0.25) is 0 Å². The van der Waals surface area contributed by atoms with Crippen molar-refractivity contribution in [2.24, 2.45) is 0 Å². The van der Waals surface area contributed by atoms with Gasteiger partial charge in [0.15, 0.2) is 5.82 Å². The average molecular weight is 295 g/mol. The highest BCUT2D eigenvalue weighted by Gasteiger charge is 2.09. The molecule has 1 amide bonds. The van der Waals surface area contributed by atoms with Crippen LogP contribution in [0.1, 0.15) is 5.82 Å². The van der Waals surface area contributed by atoms with Crippen LogP contribution >= 0.6 is 0 Å². The zero-order valence-electron chi connectivity index (χ0n) is 11.8. The average Bonchev–Trinajstić information content (AvgIpc) is 2.95. The molecule has 0 unspecified atom stereocenters. The van der Waals surface area contributed by atoms with Gasteiger partial charge in [-0.2, -0.15) is 4.98 Å². The number of anilines is 1. The molecule has 0 radical (unpaired) electrons. The van der Waals surface area contributed by atoms with Gasteiger partial charge in [0, 0.05) is 11.3 Å². The van der Waals surface area contributed by atoms with Crippen molar-refractivity contribution >= 4 is 11.8 Å². The standard InChI is InChI=1S/C16H13N3O3/c1-11-17-15(22-19-11)12-6-5-7-13(10-12)18-16(20)21-14-8-3-2-4-9-14/h2-10H,1H3,(H,18,20). The number of nitrogens with zero attached hydrogens (tertiary/aromatic N) is 2. The fourth-order valence-corrected chi connectivity index (χ4v) is 1.88. The highest BCUT2D eigenvalue weighted by molar-refractivity contribution is 5.87. The summed E-state index contributed by atoms with van der Waals surface area (Å²) in [5.74, 6) is 1.43. The molecule has 0 saturated heterocycles. The summed E-state index contributed by atoms with van der Waals surface area (Å²) in [7, 11) is 0. The first kappa shape index (κ1) is 13.8. The number of carbonyl (C=O) groups is 1. The van der Waals surface area contributed by atoms with Crippen molar-refractivity contribution in [1.29, 1.82) is 0 Å². The Morgan fingerprint density at radius 2 is 1.95 bits per heavy atom. The third-order valence-corrected chi connectivity index (χ3v) is 2.84. The van der Waals surface area contributed by atoms with Crippen LogP contribution in [-0.4, -0.2) is 16.2 Å². The van der Waals surface area contributed by atoms with E-state index >= 15 is 0 Å². The first-order chi connectivity index (χ1) is 10.7. The van der Waals surface area contributed by atoms with Crippen molar-refractivity contribution < 1.29 is 14.1 Å². The number of aromatic nitrogens is 2. The molecule has 3 aromatic rings. The van der Waals surface area contributed by atoms with E-state index in [4.69, 9.17) is 9.26 Å². The summed E-state index contributed by atoms with van der Waals surface area (Å²) < 4.78 is 10.3. The lowest BCUT2D eigenvalue weighted by Crippen LogP contribution is -2.16. The van der Waals surface area contributed by atoms with E-state index in [1.807, 2.05) is 12.1 Å². The zero-order chi connectivity index (χ0) is 15.4. The van der Waals surface area contributed by atoms with Gasteiger partial charge in [-0.3, -0.25) is 5.32 Å². The topological polar surface area (TPSA) is 77.2 Å². The normalized spacial score (nSPS) is 10.2. The Labute approximate surface area is 126 Å². The Kier molecular flexibility index (Phi) is 3.82. The van der Waals surface area contributed by atoms with Crippen molar-refractivity contribution in [1.82, 2.24) is 10.1 Å². The monoisotopic (exact) mass is 295 g/mol. The van der Waals surface area contributed by atoms with Crippen LogP contribution in [0.3, 0.4) is 0 Å². The van der Waals surface area contributed by atoms with Gasteiger partial charge in [-0.1, -0.05) is 29.4 Å². The minimum Gasteiger partial charge on any atom is -0.410 e. The maximum Gasteiger partial charge on any atom is 0.417 e. The van der Waals surface area contributed by atoms with Crippen LogP contribution in [0, 0.1) is 6.92 Å². The minimum absolute atomic E-state index is 0.401. The number of ether oxygens (including phenoxy) is 1. The number of para-hydroxylation sites is 1. The van der Waals surface area contributed by atoms with Crippen molar-refractivity contribution in [3.05, 3.63) is 60.4 Å². The van der Waals surface area contributed by atoms with Crippen LogP contribution < -0.4 is 10.1 Å². The quantitative estimate of drug-likeness (QED) is 0.798. The molecule has 0 fully saturated rings. The largest absolute Gasteiger partial charge is 0.417 e. The molecule has 0 aliphatic carbocycles. The SMILES string of the molecule is Cc1noc(-c2cccc(NC(=O)Oc3ccccc3)c2)n1. The molecule has 0 saturated carbocycles. The van der Waals surface area contributed by atoms with Gasteiger partial charge in [0.1, 0.15) is 5.75 Å². The van der Waals surface area contributed by atoms with Gasteiger partial charge in [-0.15, -0.1) is 0 Å². The van der Waals surface area contributed by atoms with Gasteiger partial charge in [0.05, 0.1) is 0 Å². The van der Waals surface area contributed by atoms with E-state index < -0.39 is 6.09 Å². The number of amides is 1. The molecule has 0 atom stereocenters. The fourth-order valence-electron chi connectivity index (χ4n) is 1.88. The van der Waals surface area contributed by atoms with E-state index in [9.17, 15) is 4.79 Å². The highest BCUT2D eigenvalue weighted by Crippen LogP contribution is 2.21. The maximum atomic E-state index is 11.8. The second-order valence-electron chi connectivity index (χ2n) is 4.56. The third-order valence-electron chi connectivity index (χ3n) is 2.84. The molecule has 1 heterocycles. The molecule has 1 N–H and O–H groups in total. The Morgan fingerprint density at radius 1 is 1.14 bits per heavy atom. The van der Waals surface area contributed by atoms with E-state index in [1.54, 1.807) is 49.4 Å². The van der Waals surface area contributed by atoms with E-state index in [0.29, 0.717) is 23.2 Å². The van der Waals surface area contributed by atoms with Crippen molar-refractivity contribution in [2.75, 3.05) is 5.32 Å². The zero-order valence-corrected chi connectivity index (χ0v) is 11.8. The number of nitrogens with one attached hydrogen (secondary N) is 1. The molecule has 0 spiro atoms. The van der Waals surface area contributed by atoms with Gasteiger partial charge in [-0.05, 0) is 37.3 Å². The van der Waals surface area contributed by atoms with Crippen LogP contribution in [0.5, 0.6) is 5.75 Å². The second-order valence-corrected chi connectivity index (χ2v) is 4.56. The molecule has 0 aliphatic heterocycles. The van der Waals surface area contributed by atoms with Gasteiger partial charge >= 0.3 is 6.09 Å². The molecule has 22 heavy (non-hydrogen) atoms. The lowest BCUT2D eigenvalue weighted by Gasteiger charge is -2.07. The van der Waals surface area contributed by atoms with E-state index in [0.717, 1.165) is 5.56 Å². The first-order valence-electron chi connectivity index (χ1n) is 6.65. The van der Waals surface area contributed by atoms with Crippen LogP contribution in [-0.2, 0) is 0 Å². The maximum absolute atomic E-state index is 11.8. The van der Waals surface area contributed by atoms with Crippen molar-refractivity contribution in [3.8, 4) is 17.2 Å². The van der Waals surface area contributed by atoms with Crippen molar-refractivity contribution in [2.45, 2.75) is 6.92 Å². The summed E-state index contributed by atoms with van der Waals surface area (Å²) in [5, 5.41) is 6.40. The molecule has 110 valence electrons. The van der Waals surface area contributed by atoms with Crippen molar-refractivity contribution in [3.63, 3.8) is 0 Å². The molecule has 2 aromatic carbocycles. The Bertz CT molecular complexity index is 784. The summed E-state index contributed by atoms with van der Waals surface area (Å²) >= 11 is 0. The summed E-state index contributed by atoms with van der Waals surface area (Å²) in [5.41, 5.74) is 1.30. The number of hydrogen-bond donors (Lipinski definition) is 1. The van der Waals surface area contributed by atoms with Gasteiger partial charge < -0.3 is 9.26 Å². The second kappa shape index (κ2) is 6.09. The summed E-state index contributed by atoms with van der Waals surface area (Å²) in [6, 6.07) is 15.9. The molecule has 6 nitrogen and oxygen atoms in total. The van der Waals surface area contributed by atoms with E-state index in [2.05, 4.69) is 15.5 Å². The molecule has 0 aliphatic rings. The van der Waals surface area contributed by atoms with Crippen LogP contribution in [0.2, 0.25) is 0 Å². The predicted molar refractivity (Wildman–Crippen MR) is 80.6 cm³/mol. The Hall–Kier alpha value is -3.15. The lowest BCUT2D eigenvalue weighted by molar-refractivity contribution is 0.215. The van der Waals surface area contributed by atoms with Gasteiger partial charge in [-0.25, -0.2) is 4.79 Å². The molecule has 3 rings (SSSR count). The molecule has 1 aromatic heterocycles. The molecule has 0 bridgehead atoms. The predicted octanol–water partition coefficient (Wildman–Crippen LogP) is 3.66. The fraction of sp³-hybridized carbons (Fsp3) is 0.0625. The van der Waals surface area contributed by atoms with Crippen LogP contribution in [0.15, 0.2) is 59.1 Å². The number of rotatable bonds is 3. The highest BCUT2D eigenvalue weighted by atomic mass is 16.6. The smallest absolute Gasteiger partial charge is 0.410 e. The minimum atomic E-state index is -0.565. The van der Waals surface area contributed by atoms with E-state index in [1.165, 1.54) is 0 Å². The number of carbonyl (C=O) groups excluding carboxylic acids is 1. The molecular formula is C16H13N3O3. The Morgan fingerprint density at radius 3 is 2.68 bits per heavy atom. The van der Waals surface area contributed by atoms with E-state index in [-0.39, 0.29) is 0 Å². The van der Waals surface area contributed by atoms with Gasteiger partial charge in [0.25, 0.3) is 5.89 Å². The number of benzene rings is 2. The number of hydrogen-bond acceptors (Lipinski definition) is 5. The lowest BCUT2D eigenvalue weighted by atomic mass is 10.2. The third kappa shape index (κ3) is 3.29.